The molecule has 0 saturated heterocycles. The van der Waals surface area contributed by atoms with Crippen LogP contribution in [0.15, 0.2) is 30.5 Å². The zero-order valence-electron chi connectivity index (χ0n) is 9.51. The number of halogens is 2. The fraction of sp³-hybridized carbons (Fsp3) is 0.0833. The first kappa shape index (κ1) is 13.6. The number of hydrogen-bond acceptors (Lipinski definition) is 4. The molecule has 0 radical (unpaired) electrons. The number of nitrogens with zero attached hydrogens (tertiary/aromatic N) is 2. The van der Waals surface area contributed by atoms with E-state index in [1.165, 1.54) is 6.20 Å². The Morgan fingerprint density at radius 2 is 2.16 bits per heavy atom. The molecular weight excluding hydrogens is 291 g/mol. The molecule has 1 heterocycles. The Morgan fingerprint density at radius 1 is 1.37 bits per heavy atom. The monoisotopic (exact) mass is 298 g/mol. The summed E-state index contributed by atoms with van der Waals surface area (Å²) in [6.07, 6.45) is 1.23. The van der Waals surface area contributed by atoms with Crippen LogP contribution in [-0.4, -0.2) is 21.0 Å². The van der Waals surface area contributed by atoms with Crippen molar-refractivity contribution in [3.63, 3.8) is 0 Å². The van der Waals surface area contributed by atoms with Gasteiger partial charge in [-0.1, -0.05) is 29.3 Å². The van der Waals surface area contributed by atoms with Gasteiger partial charge < -0.3 is 9.84 Å². The second kappa shape index (κ2) is 5.86. The minimum absolute atomic E-state index is 0.0148. The number of carboxylic acids is 1. The van der Waals surface area contributed by atoms with Crippen LogP contribution in [0.25, 0.3) is 0 Å². The molecule has 0 aliphatic carbocycles. The Bertz CT molecular complexity index is 620. The van der Waals surface area contributed by atoms with Crippen LogP contribution in [0.5, 0.6) is 5.75 Å². The normalized spacial score (nSPS) is 10.2. The largest absolute Gasteiger partial charge is 0.486 e. The van der Waals surface area contributed by atoms with Crippen molar-refractivity contribution in [1.29, 1.82) is 0 Å². The summed E-state index contributed by atoms with van der Waals surface area (Å²) in [6.45, 7) is 0.0256. The van der Waals surface area contributed by atoms with Crippen LogP contribution in [0.3, 0.4) is 0 Å². The lowest BCUT2D eigenvalue weighted by Crippen LogP contribution is -2.08. The summed E-state index contributed by atoms with van der Waals surface area (Å²) in [4.78, 5) is 18.6. The lowest BCUT2D eigenvalue weighted by Gasteiger charge is -2.06. The van der Waals surface area contributed by atoms with E-state index in [1.54, 1.807) is 24.3 Å². The minimum Gasteiger partial charge on any atom is -0.486 e. The van der Waals surface area contributed by atoms with E-state index in [9.17, 15) is 4.79 Å². The number of ether oxygens (including phenoxy) is 1. The van der Waals surface area contributed by atoms with Gasteiger partial charge >= 0.3 is 5.97 Å². The highest BCUT2D eigenvalue weighted by atomic mass is 35.5. The molecule has 0 unspecified atom stereocenters. The first-order chi connectivity index (χ1) is 9.06. The topological polar surface area (TPSA) is 72.3 Å². The van der Waals surface area contributed by atoms with Gasteiger partial charge in [0, 0.05) is 5.02 Å². The third-order valence-corrected chi connectivity index (χ3v) is 2.67. The van der Waals surface area contributed by atoms with Gasteiger partial charge in [0.25, 0.3) is 0 Å². The molecule has 19 heavy (non-hydrogen) atoms. The smallest absolute Gasteiger partial charge is 0.356 e. The maximum absolute atomic E-state index is 10.9. The van der Waals surface area contributed by atoms with Gasteiger partial charge in [0.2, 0.25) is 0 Å². The molecule has 1 N–H and O–H groups in total. The van der Waals surface area contributed by atoms with Crippen molar-refractivity contribution in [2.75, 3.05) is 0 Å². The summed E-state index contributed by atoms with van der Waals surface area (Å²) in [6, 6.07) is 6.81. The van der Waals surface area contributed by atoms with Gasteiger partial charge in [-0.25, -0.2) is 14.8 Å². The zero-order valence-corrected chi connectivity index (χ0v) is 11.0. The molecule has 0 bridgehead atoms. The predicted molar refractivity (Wildman–Crippen MR) is 69.8 cm³/mol. The molecule has 1 aromatic heterocycles. The number of aromatic nitrogens is 2. The highest BCUT2D eigenvalue weighted by molar-refractivity contribution is 6.33. The molecule has 5 nitrogen and oxygen atoms in total. The molecule has 0 amide bonds. The van der Waals surface area contributed by atoms with Crippen LogP contribution in [0.4, 0.5) is 0 Å². The molecule has 1 aromatic carbocycles. The van der Waals surface area contributed by atoms with E-state index in [0.717, 1.165) is 0 Å². The zero-order chi connectivity index (χ0) is 13.8. The molecule has 0 atom stereocenters. The molecule has 2 rings (SSSR count). The summed E-state index contributed by atoms with van der Waals surface area (Å²) in [5, 5.41) is 9.41. The van der Waals surface area contributed by atoms with Crippen molar-refractivity contribution < 1.29 is 14.6 Å². The summed E-state index contributed by atoms with van der Waals surface area (Å²) >= 11 is 11.5. The number of aromatic carboxylic acids is 1. The van der Waals surface area contributed by atoms with E-state index in [1.807, 2.05) is 0 Å². The van der Waals surface area contributed by atoms with E-state index >= 15 is 0 Å². The van der Waals surface area contributed by atoms with Crippen molar-refractivity contribution in [3.05, 3.63) is 52.0 Å². The summed E-state index contributed by atoms with van der Waals surface area (Å²) in [5.74, 6) is -0.443. The van der Waals surface area contributed by atoms with Crippen molar-refractivity contribution in [2.45, 2.75) is 6.61 Å². The molecule has 0 aliphatic rings. The first-order valence-corrected chi connectivity index (χ1v) is 5.95. The highest BCUT2D eigenvalue weighted by Crippen LogP contribution is 2.18. The molecule has 0 fully saturated rings. The van der Waals surface area contributed by atoms with E-state index in [2.05, 4.69) is 9.97 Å². The lowest BCUT2D eigenvalue weighted by atomic mass is 10.3. The third-order valence-electron chi connectivity index (χ3n) is 2.16. The average molecular weight is 299 g/mol. The van der Waals surface area contributed by atoms with Crippen LogP contribution < -0.4 is 4.74 Å². The quantitative estimate of drug-likeness (QED) is 0.939. The van der Waals surface area contributed by atoms with Crippen molar-refractivity contribution >= 4 is 29.2 Å². The Morgan fingerprint density at radius 3 is 2.84 bits per heavy atom. The molecular formula is C12H8Cl2N2O3. The van der Waals surface area contributed by atoms with Crippen molar-refractivity contribution in [1.82, 2.24) is 9.97 Å². The van der Waals surface area contributed by atoms with Gasteiger partial charge in [-0.3, -0.25) is 0 Å². The number of carboxylic acid groups (broad SMARTS) is 1. The number of carbonyl (C=O) groups is 1. The second-order valence-electron chi connectivity index (χ2n) is 3.53. The average Bonchev–Trinajstić information content (AvgIpc) is 2.37. The van der Waals surface area contributed by atoms with E-state index < -0.39 is 5.97 Å². The van der Waals surface area contributed by atoms with Crippen LogP contribution in [0, 0.1) is 0 Å². The van der Waals surface area contributed by atoms with Crippen molar-refractivity contribution in [3.8, 4) is 5.75 Å². The van der Waals surface area contributed by atoms with Gasteiger partial charge in [-0.15, -0.1) is 0 Å². The Hall–Kier alpha value is -1.85. The van der Waals surface area contributed by atoms with Gasteiger partial charge in [0.15, 0.2) is 11.5 Å². The van der Waals surface area contributed by atoms with Crippen LogP contribution in [0.1, 0.15) is 16.3 Å². The van der Waals surface area contributed by atoms with Crippen LogP contribution >= 0.6 is 23.2 Å². The second-order valence-corrected chi connectivity index (χ2v) is 4.38. The number of benzene rings is 1. The first-order valence-electron chi connectivity index (χ1n) is 5.19. The van der Waals surface area contributed by atoms with Crippen molar-refractivity contribution in [2.24, 2.45) is 0 Å². The van der Waals surface area contributed by atoms with Crippen LogP contribution in [-0.2, 0) is 6.61 Å². The molecule has 7 heteroatoms. The number of rotatable bonds is 4. The van der Waals surface area contributed by atoms with Gasteiger partial charge in [0.1, 0.15) is 12.4 Å². The minimum atomic E-state index is -1.21. The fourth-order valence-corrected chi connectivity index (χ4v) is 1.68. The number of hydrogen-bond donors (Lipinski definition) is 1. The fourth-order valence-electron chi connectivity index (χ4n) is 1.33. The van der Waals surface area contributed by atoms with Gasteiger partial charge in [0.05, 0.1) is 11.2 Å². The maximum atomic E-state index is 10.9. The van der Waals surface area contributed by atoms with E-state index in [-0.39, 0.29) is 23.1 Å². The summed E-state index contributed by atoms with van der Waals surface area (Å²) in [7, 11) is 0. The van der Waals surface area contributed by atoms with E-state index in [0.29, 0.717) is 10.8 Å². The molecule has 0 aliphatic heterocycles. The van der Waals surface area contributed by atoms with Gasteiger partial charge in [-0.2, -0.15) is 0 Å². The maximum Gasteiger partial charge on any atom is 0.356 e. The Balaban J connectivity index is 2.12. The SMILES string of the molecule is O=C(O)c1nc(COc2cccc(Cl)c2)ncc1Cl. The molecule has 98 valence electrons. The standard InChI is InChI=1S/C12H8Cl2N2O3/c13-7-2-1-3-8(4-7)19-6-10-15-5-9(14)11(16-10)12(17)18/h1-5H,6H2,(H,17,18). The summed E-state index contributed by atoms with van der Waals surface area (Å²) < 4.78 is 5.40. The van der Waals surface area contributed by atoms with Crippen LogP contribution in [0.2, 0.25) is 10.0 Å². The Kier molecular flexibility index (Phi) is 4.19. The molecule has 0 saturated carbocycles. The lowest BCUT2D eigenvalue weighted by molar-refractivity contribution is 0.0689. The van der Waals surface area contributed by atoms with E-state index in [4.69, 9.17) is 33.0 Å². The Labute approximate surface area is 118 Å². The van der Waals surface area contributed by atoms with Gasteiger partial charge in [-0.05, 0) is 18.2 Å². The predicted octanol–water partition coefficient (Wildman–Crippen LogP) is 3.06. The molecule has 2 aromatic rings. The molecule has 0 spiro atoms. The third kappa shape index (κ3) is 3.56. The highest BCUT2D eigenvalue weighted by Gasteiger charge is 2.12. The summed E-state index contributed by atoms with van der Waals surface area (Å²) in [5.41, 5.74) is -0.249.